The Balaban J connectivity index is 2.18. The average Bonchev–Trinajstić information content (AvgIpc) is 3.08. The van der Waals surface area contributed by atoms with Crippen LogP contribution in [0.3, 0.4) is 0 Å². The number of carboxylic acids is 1. The van der Waals surface area contributed by atoms with Crippen LogP contribution in [0.1, 0.15) is 16.1 Å². The van der Waals surface area contributed by atoms with Crippen molar-refractivity contribution < 1.29 is 19.8 Å². The van der Waals surface area contributed by atoms with Gasteiger partial charge in [0.1, 0.15) is 17.2 Å². The normalized spacial score (nSPS) is 12.1. The number of aliphatic carboxylic acids is 1. The van der Waals surface area contributed by atoms with Crippen molar-refractivity contribution in [2.24, 2.45) is 0 Å². The van der Waals surface area contributed by atoms with E-state index in [1.807, 2.05) is 0 Å². The first-order valence-electron chi connectivity index (χ1n) is 5.59. The van der Waals surface area contributed by atoms with Gasteiger partial charge in [-0.05, 0) is 21.9 Å². The lowest BCUT2D eigenvalue weighted by molar-refractivity contribution is -0.139. The third-order valence-corrected chi connectivity index (χ3v) is 3.37. The van der Waals surface area contributed by atoms with E-state index in [0.717, 1.165) is 11.3 Å². The van der Waals surface area contributed by atoms with Crippen LogP contribution in [0.5, 0.6) is 0 Å². The van der Waals surface area contributed by atoms with Crippen LogP contribution < -0.4 is 5.32 Å². The second-order valence-electron chi connectivity index (χ2n) is 3.77. The molecule has 1 amide bonds. The number of tetrazole rings is 1. The Bertz CT molecular complexity index is 597. The van der Waals surface area contributed by atoms with E-state index in [4.69, 9.17) is 10.2 Å². The van der Waals surface area contributed by atoms with E-state index in [9.17, 15) is 9.59 Å². The number of nitrogens with zero attached hydrogens (tertiary/aromatic N) is 4. The highest BCUT2D eigenvalue weighted by atomic mass is 32.1. The first-order chi connectivity index (χ1) is 9.63. The number of nitrogens with one attached hydrogen (secondary N) is 1. The molecule has 10 heteroatoms. The van der Waals surface area contributed by atoms with Gasteiger partial charge in [-0.15, -0.1) is 16.4 Å². The van der Waals surface area contributed by atoms with E-state index in [0.29, 0.717) is 10.6 Å². The van der Waals surface area contributed by atoms with Crippen LogP contribution in [0.2, 0.25) is 0 Å². The number of carboxylic acid groups (broad SMARTS) is 1. The predicted molar refractivity (Wildman–Crippen MR) is 67.6 cm³/mol. The lowest BCUT2D eigenvalue weighted by Gasteiger charge is -2.13. The second kappa shape index (κ2) is 6.21. The van der Waals surface area contributed by atoms with Gasteiger partial charge < -0.3 is 15.5 Å². The fraction of sp³-hybridized carbons (Fsp3) is 0.300. The maximum Gasteiger partial charge on any atom is 0.326 e. The first kappa shape index (κ1) is 14.1. The second-order valence-corrected chi connectivity index (χ2v) is 4.68. The van der Waals surface area contributed by atoms with Crippen LogP contribution in [0.15, 0.2) is 17.8 Å². The van der Waals surface area contributed by atoms with E-state index in [-0.39, 0.29) is 13.0 Å². The quantitative estimate of drug-likeness (QED) is 0.642. The summed E-state index contributed by atoms with van der Waals surface area (Å²) in [6.45, 7) is -0.332. The highest BCUT2D eigenvalue weighted by molar-refractivity contribution is 7.12. The third-order valence-electron chi connectivity index (χ3n) is 2.47. The summed E-state index contributed by atoms with van der Waals surface area (Å²) in [6, 6.07) is 0.508. The molecule has 9 nitrogen and oxygen atoms in total. The SMILES string of the molecule is O=C(N[C@H](CCO)C(=O)O)c1sccc1-n1cnnn1. The molecule has 106 valence electrons. The smallest absolute Gasteiger partial charge is 0.326 e. The Morgan fingerprint density at radius 3 is 2.90 bits per heavy atom. The number of aromatic nitrogens is 4. The maximum absolute atomic E-state index is 12.1. The molecule has 0 aliphatic rings. The van der Waals surface area contributed by atoms with Crippen LogP contribution in [0.4, 0.5) is 0 Å². The van der Waals surface area contributed by atoms with Gasteiger partial charge in [-0.2, -0.15) is 4.68 Å². The van der Waals surface area contributed by atoms with Crippen LogP contribution >= 0.6 is 11.3 Å². The maximum atomic E-state index is 12.1. The Hall–Kier alpha value is -2.33. The Labute approximate surface area is 116 Å². The van der Waals surface area contributed by atoms with Gasteiger partial charge in [0.05, 0.1) is 5.69 Å². The largest absolute Gasteiger partial charge is 0.480 e. The van der Waals surface area contributed by atoms with E-state index in [1.165, 1.54) is 11.0 Å². The van der Waals surface area contributed by atoms with Crippen molar-refractivity contribution in [3.8, 4) is 5.69 Å². The molecule has 20 heavy (non-hydrogen) atoms. The number of thiophene rings is 1. The summed E-state index contributed by atoms with van der Waals surface area (Å²) >= 11 is 1.14. The van der Waals surface area contributed by atoms with E-state index < -0.39 is 17.9 Å². The molecule has 0 spiro atoms. The zero-order chi connectivity index (χ0) is 14.5. The van der Waals surface area contributed by atoms with Crippen molar-refractivity contribution in [3.63, 3.8) is 0 Å². The Morgan fingerprint density at radius 1 is 1.50 bits per heavy atom. The van der Waals surface area contributed by atoms with Gasteiger partial charge in [0, 0.05) is 13.0 Å². The van der Waals surface area contributed by atoms with Crippen molar-refractivity contribution in [1.29, 1.82) is 0 Å². The fourth-order valence-electron chi connectivity index (χ4n) is 1.53. The minimum absolute atomic E-state index is 0.0628. The van der Waals surface area contributed by atoms with Crippen molar-refractivity contribution in [2.75, 3.05) is 6.61 Å². The monoisotopic (exact) mass is 297 g/mol. The van der Waals surface area contributed by atoms with Crippen LogP contribution in [0.25, 0.3) is 5.69 Å². The molecule has 0 aliphatic heterocycles. The lowest BCUT2D eigenvalue weighted by Crippen LogP contribution is -2.41. The minimum Gasteiger partial charge on any atom is -0.480 e. The molecule has 0 saturated carbocycles. The third kappa shape index (κ3) is 2.97. The van der Waals surface area contributed by atoms with Gasteiger partial charge in [-0.25, -0.2) is 4.79 Å². The molecule has 0 unspecified atom stereocenters. The van der Waals surface area contributed by atoms with Gasteiger partial charge in [0.2, 0.25) is 0 Å². The Kier molecular flexibility index (Phi) is 4.38. The van der Waals surface area contributed by atoms with Gasteiger partial charge in [0.25, 0.3) is 5.91 Å². The number of carbonyl (C=O) groups is 2. The molecule has 0 radical (unpaired) electrons. The number of carbonyl (C=O) groups excluding carboxylic acids is 1. The van der Waals surface area contributed by atoms with E-state index >= 15 is 0 Å². The molecule has 2 heterocycles. The molecular weight excluding hydrogens is 286 g/mol. The van der Waals surface area contributed by atoms with Crippen molar-refractivity contribution in [3.05, 3.63) is 22.7 Å². The molecule has 0 aliphatic carbocycles. The van der Waals surface area contributed by atoms with Crippen molar-refractivity contribution in [2.45, 2.75) is 12.5 Å². The molecule has 0 saturated heterocycles. The van der Waals surface area contributed by atoms with Crippen LogP contribution in [-0.4, -0.2) is 54.9 Å². The highest BCUT2D eigenvalue weighted by Crippen LogP contribution is 2.20. The fourth-order valence-corrected chi connectivity index (χ4v) is 2.32. The summed E-state index contributed by atoms with van der Waals surface area (Å²) in [7, 11) is 0. The van der Waals surface area contributed by atoms with Gasteiger partial charge in [-0.1, -0.05) is 0 Å². The molecule has 2 rings (SSSR count). The summed E-state index contributed by atoms with van der Waals surface area (Å²) in [5.74, 6) is -1.75. The number of aliphatic hydroxyl groups excluding tert-OH is 1. The molecule has 1 atom stereocenters. The van der Waals surface area contributed by atoms with Crippen LogP contribution in [0, 0.1) is 0 Å². The van der Waals surface area contributed by atoms with Gasteiger partial charge >= 0.3 is 5.97 Å². The zero-order valence-electron chi connectivity index (χ0n) is 10.1. The molecule has 0 aromatic carbocycles. The van der Waals surface area contributed by atoms with E-state index in [1.54, 1.807) is 11.4 Å². The van der Waals surface area contributed by atoms with Gasteiger partial charge in [-0.3, -0.25) is 4.79 Å². The number of rotatable bonds is 6. The molecule has 3 N–H and O–H groups in total. The summed E-state index contributed by atoms with van der Waals surface area (Å²) in [5.41, 5.74) is 0.464. The summed E-state index contributed by atoms with van der Waals surface area (Å²) < 4.78 is 1.31. The average molecular weight is 297 g/mol. The summed E-state index contributed by atoms with van der Waals surface area (Å²) in [5, 5.41) is 32.4. The zero-order valence-corrected chi connectivity index (χ0v) is 10.9. The number of amides is 1. The molecule has 2 aromatic heterocycles. The molecule has 2 aromatic rings. The Morgan fingerprint density at radius 2 is 2.30 bits per heavy atom. The minimum atomic E-state index is -1.20. The summed E-state index contributed by atoms with van der Waals surface area (Å²) in [6.07, 6.45) is 1.27. The number of hydrogen-bond donors (Lipinski definition) is 3. The predicted octanol–water partition coefficient (Wildman–Crippen LogP) is -0.711. The topological polar surface area (TPSA) is 130 Å². The molecule has 0 bridgehead atoms. The number of hydrogen-bond acceptors (Lipinski definition) is 7. The van der Waals surface area contributed by atoms with Crippen LogP contribution in [-0.2, 0) is 4.79 Å². The van der Waals surface area contributed by atoms with Crippen molar-refractivity contribution in [1.82, 2.24) is 25.5 Å². The first-order valence-corrected chi connectivity index (χ1v) is 6.47. The van der Waals surface area contributed by atoms with E-state index in [2.05, 4.69) is 20.8 Å². The lowest BCUT2D eigenvalue weighted by atomic mass is 10.2. The highest BCUT2D eigenvalue weighted by Gasteiger charge is 2.23. The molecule has 0 fully saturated rings. The van der Waals surface area contributed by atoms with Gasteiger partial charge in [0.15, 0.2) is 0 Å². The van der Waals surface area contributed by atoms with Crippen molar-refractivity contribution >= 4 is 23.2 Å². The molecular formula is C10H11N5O4S. The standard InChI is InChI=1S/C10H11N5O4S/c16-3-1-6(10(18)19)12-9(17)8-7(2-4-20-8)15-5-11-13-14-15/h2,4-6,16H,1,3H2,(H,12,17)(H,18,19)/t6-/m1/s1. The number of aliphatic hydroxyl groups is 1. The summed E-state index contributed by atoms with van der Waals surface area (Å²) in [4.78, 5) is 23.3.